The number of piperidine rings is 1. The van der Waals surface area contributed by atoms with Gasteiger partial charge in [-0.15, -0.1) is 5.10 Å². The molecule has 11 nitrogen and oxygen atoms in total. The summed E-state index contributed by atoms with van der Waals surface area (Å²) in [4.78, 5) is 16.5. The molecule has 3 rings (SSSR count). The molecule has 1 saturated heterocycles. The van der Waals surface area contributed by atoms with Crippen molar-refractivity contribution in [2.75, 3.05) is 24.2 Å². The monoisotopic (exact) mass is 470 g/mol. The van der Waals surface area contributed by atoms with Gasteiger partial charge in [0.05, 0.1) is 36.3 Å². The standard InChI is InChI=1S/C18H20F2N6O5S/c1-25-15(9-31-32(2,29)30)17(23-24-25)12-3-4-14(13(7-21)22-12)26-8-11(5-16(27)28)6-18(19,20)10-26/h3-4,11H,5-6,8-10H2,1-2H3,(H,27,28). The van der Waals surface area contributed by atoms with E-state index in [-0.39, 0.29) is 41.6 Å². The molecule has 1 aliphatic heterocycles. The first kappa shape index (κ1) is 23.5. The third kappa shape index (κ3) is 5.54. The first-order chi connectivity index (χ1) is 14.9. The fraction of sp³-hybridized carbons (Fsp3) is 0.500. The first-order valence-corrected chi connectivity index (χ1v) is 11.2. The number of pyridine rings is 1. The van der Waals surface area contributed by atoms with Crippen LogP contribution in [0, 0.1) is 17.2 Å². The Kier molecular flexibility index (Phi) is 6.42. The van der Waals surface area contributed by atoms with Crippen LogP contribution in [0.4, 0.5) is 14.5 Å². The molecule has 1 unspecified atom stereocenters. The molecule has 0 aromatic carbocycles. The Hall–Kier alpha value is -3.18. The average molecular weight is 470 g/mol. The molecule has 0 radical (unpaired) electrons. The highest BCUT2D eigenvalue weighted by molar-refractivity contribution is 7.85. The van der Waals surface area contributed by atoms with Gasteiger partial charge in [0.2, 0.25) is 0 Å². The molecule has 1 N–H and O–H groups in total. The van der Waals surface area contributed by atoms with Gasteiger partial charge in [-0.2, -0.15) is 13.7 Å². The zero-order valence-corrected chi connectivity index (χ0v) is 18.0. The van der Waals surface area contributed by atoms with Crippen molar-refractivity contribution in [2.45, 2.75) is 25.4 Å². The van der Waals surface area contributed by atoms with Gasteiger partial charge in [-0.3, -0.25) is 8.98 Å². The second-order valence-electron chi connectivity index (χ2n) is 7.56. The van der Waals surface area contributed by atoms with Gasteiger partial charge in [0.25, 0.3) is 16.0 Å². The summed E-state index contributed by atoms with van der Waals surface area (Å²) in [5, 5.41) is 26.3. The van der Waals surface area contributed by atoms with Crippen LogP contribution in [0.3, 0.4) is 0 Å². The van der Waals surface area contributed by atoms with Gasteiger partial charge in [0, 0.05) is 20.0 Å². The van der Waals surface area contributed by atoms with E-state index in [1.807, 2.05) is 6.07 Å². The van der Waals surface area contributed by atoms with Crippen molar-refractivity contribution in [3.63, 3.8) is 0 Å². The number of nitrogens with zero attached hydrogens (tertiary/aromatic N) is 6. The first-order valence-electron chi connectivity index (χ1n) is 9.37. The van der Waals surface area contributed by atoms with Crippen LogP contribution in [0.25, 0.3) is 11.4 Å². The summed E-state index contributed by atoms with van der Waals surface area (Å²) in [6.07, 6.45) is -0.0708. The summed E-state index contributed by atoms with van der Waals surface area (Å²) < 4.78 is 57.2. The largest absolute Gasteiger partial charge is 0.481 e. The van der Waals surface area contributed by atoms with Crippen LogP contribution in [0.1, 0.15) is 24.2 Å². The van der Waals surface area contributed by atoms with Gasteiger partial charge in [-0.1, -0.05) is 5.21 Å². The third-order valence-electron chi connectivity index (χ3n) is 4.87. The Bertz CT molecular complexity index is 1180. The molecular formula is C18H20F2N6O5S. The molecule has 2 aromatic rings. The maximum absolute atomic E-state index is 14.2. The summed E-state index contributed by atoms with van der Waals surface area (Å²) in [6.45, 7) is -0.994. The Labute approximate surface area is 182 Å². The summed E-state index contributed by atoms with van der Waals surface area (Å²) in [5.41, 5.74) is 0.618. The van der Waals surface area contributed by atoms with Crippen molar-refractivity contribution in [3.05, 3.63) is 23.5 Å². The maximum atomic E-state index is 14.2. The minimum Gasteiger partial charge on any atom is -0.481 e. The number of hydrogen-bond acceptors (Lipinski definition) is 9. The van der Waals surface area contributed by atoms with Crippen LogP contribution < -0.4 is 4.90 Å². The lowest BCUT2D eigenvalue weighted by atomic mass is 9.92. The van der Waals surface area contributed by atoms with Gasteiger partial charge in [0.15, 0.2) is 5.69 Å². The molecule has 1 fully saturated rings. The van der Waals surface area contributed by atoms with Crippen molar-refractivity contribution < 1.29 is 31.3 Å². The molecule has 0 aliphatic carbocycles. The zero-order valence-electron chi connectivity index (χ0n) is 17.2. The second-order valence-corrected chi connectivity index (χ2v) is 9.20. The van der Waals surface area contributed by atoms with Crippen LogP contribution in [-0.4, -0.2) is 64.7 Å². The summed E-state index contributed by atoms with van der Waals surface area (Å²) in [7, 11) is -2.21. The van der Waals surface area contributed by atoms with E-state index in [0.717, 1.165) is 6.26 Å². The Morgan fingerprint density at radius 2 is 2.16 bits per heavy atom. The van der Waals surface area contributed by atoms with Crippen LogP contribution >= 0.6 is 0 Å². The van der Waals surface area contributed by atoms with Crippen molar-refractivity contribution in [1.82, 2.24) is 20.0 Å². The molecule has 0 amide bonds. The van der Waals surface area contributed by atoms with Crippen molar-refractivity contribution >= 4 is 21.8 Å². The topological polar surface area (TPSA) is 151 Å². The number of hydrogen-bond donors (Lipinski definition) is 1. The van der Waals surface area contributed by atoms with Gasteiger partial charge in [-0.25, -0.2) is 18.4 Å². The minimum atomic E-state index is -3.74. The number of anilines is 1. The predicted octanol–water partition coefficient (Wildman–Crippen LogP) is 1.16. The highest BCUT2D eigenvalue weighted by Crippen LogP contribution is 2.36. The van der Waals surface area contributed by atoms with Crippen LogP contribution in [0.15, 0.2) is 12.1 Å². The van der Waals surface area contributed by atoms with Gasteiger partial charge >= 0.3 is 5.97 Å². The van der Waals surface area contributed by atoms with E-state index >= 15 is 0 Å². The summed E-state index contributed by atoms with van der Waals surface area (Å²) in [5.74, 6) is -5.08. The van der Waals surface area contributed by atoms with E-state index < -0.39 is 47.3 Å². The number of carbonyl (C=O) groups is 1. The van der Waals surface area contributed by atoms with E-state index in [2.05, 4.69) is 15.3 Å². The summed E-state index contributed by atoms with van der Waals surface area (Å²) in [6, 6.07) is 4.75. The van der Waals surface area contributed by atoms with Crippen LogP contribution in [0.5, 0.6) is 0 Å². The molecule has 1 aliphatic rings. The SMILES string of the molecule is Cn1nnc(-c2ccc(N3CC(CC(=O)O)CC(F)(F)C3)c(C#N)n2)c1COS(C)(=O)=O. The number of rotatable bonds is 7. The minimum absolute atomic E-state index is 0.0379. The van der Waals surface area contributed by atoms with E-state index in [9.17, 15) is 27.3 Å². The molecule has 2 aromatic heterocycles. The molecule has 32 heavy (non-hydrogen) atoms. The van der Waals surface area contributed by atoms with E-state index in [1.165, 1.54) is 28.8 Å². The van der Waals surface area contributed by atoms with Gasteiger partial charge in [-0.05, 0) is 18.1 Å². The zero-order chi connectivity index (χ0) is 23.7. The lowest BCUT2D eigenvalue weighted by Gasteiger charge is -2.38. The van der Waals surface area contributed by atoms with E-state index in [4.69, 9.17) is 9.29 Å². The Morgan fingerprint density at radius 1 is 1.44 bits per heavy atom. The summed E-state index contributed by atoms with van der Waals surface area (Å²) >= 11 is 0. The molecule has 0 bridgehead atoms. The van der Waals surface area contributed by atoms with Gasteiger partial charge < -0.3 is 10.0 Å². The molecule has 0 saturated carbocycles. The highest BCUT2D eigenvalue weighted by Gasteiger charge is 2.41. The fourth-order valence-electron chi connectivity index (χ4n) is 3.60. The number of carboxylic acid groups (broad SMARTS) is 1. The third-order valence-corrected chi connectivity index (χ3v) is 5.41. The lowest BCUT2D eigenvalue weighted by molar-refractivity contribution is -0.139. The van der Waals surface area contributed by atoms with Crippen molar-refractivity contribution in [1.29, 1.82) is 5.26 Å². The van der Waals surface area contributed by atoms with E-state index in [1.54, 1.807) is 0 Å². The molecule has 172 valence electrons. The predicted molar refractivity (Wildman–Crippen MR) is 106 cm³/mol. The van der Waals surface area contributed by atoms with Crippen molar-refractivity contribution in [2.24, 2.45) is 13.0 Å². The Balaban J connectivity index is 1.94. The quantitative estimate of drug-likeness (QED) is 0.584. The second kappa shape index (κ2) is 8.75. The number of nitriles is 1. The number of carboxylic acids is 1. The highest BCUT2D eigenvalue weighted by atomic mass is 32.2. The normalized spacial score (nSPS) is 18.3. The molecule has 0 spiro atoms. The van der Waals surface area contributed by atoms with Crippen LogP contribution in [-0.2, 0) is 32.8 Å². The molecule has 3 heterocycles. The van der Waals surface area contributed by atoms with Gasteiger partial charge in [0.1, 0.15) is 18.4 Å². The van der Waals surface area contributed by atoms with Crippen molar-refractivity contribution in [3.8, 4) is 17.5 Å². The lowest BCUT2D eigenvalue weighted by Crippen LogP contribution is -2.48. The number of aromatic nitrogens is 4. The average Bonchev–Trinajstić information content (AvgIpc) is 3.04. The molecule has 14 heteroatoms. The fourth-order valence-corrected chi connectivity index (χ4v) is 3.92. The number of halogens is 2. The molecule has 1 atom stereocenters. The number of alkyl halides is 2. The molecular weight excluding hydrogens is 450 g/mol. The van der Waals surface area contributed by atoms with Crippen LogP contribution in [0.2, 0.25) is 0 Å². The number of aliphatic carboxylic acids is 1. The number of aryl methyl sites for hydroxylation is 1. The Morgan fingerprint density at radius 3 is 2.78 bits per heavy atom. The van der Waals surface area contributed by atoms with E-state index in [0.29, 0.717) is 0 Å². The maximum Gasteiger partial charge on any atom is 0.303 e. The smallest absolute Gasteiger partial charge is 0.303 e.